The molecule has 5 heteroatoms. The van der Waals surface area contributed by atoms with E-state index in [1.807, 2.05) is 0 Å². The Balaban J connectivity index is 3.39. The van der Waals surface area contributed by atoms with Gasteiger partial charge in [-0.3, -0.25) is 0 Å². The molecule has 0 heterocycles. The first-order valence-electron chi connectivity index (χ1n) is 4.05. The van der Waals surface area contributed by atoms with Gasteiger partial charge in [-0.05, 0) is 12.6 Å². The summed E-state index contributed by atoms with van der Waals surface area (Å²) in [5, 5.41) is 8.92. The largest absolute Gasteiger partial charge is 0.505 e. The van der Waals surface area contributed by atoms with Crippen LogP contribution < -0.4 is 5.73 Å². The number of hydrogen-bond donors (Lipinski definition) is 2. The Morgan fingerprint density at radius 1 is 1.57 bits per heavy atom. The molecule has 1 rings (SSSR count). The Bertz CT molecular complexity index is 331. The highest BCUT2D eigenvalue weighted by molar-refractivity contribution is 6.30. The lowest BCUT2D eigenvalue weighted by Crippen LogP contribution is -2.11. The van der Waals surface area contributed by atoms with E-state index in [4.69, 9.17) is 17.3 Å². The van der Waals surface area contributed by atoms with Crippen molar-refractivity contribution in [2.75, 3.05) is 6.54 Å². The van der Waals surface area contributed by atoms with Gasteiger partial charge in [0.25, 0.3) is 0 Å². The van der Waals surface area contributed by atoms with Crippen LogP contribution in [-0.4, -0.2) is 11.7 Å². The smallest absolute Gasteiger partial charge is 0.166 e. The van der Waals surface area contributed by atoms with Crippen LogP contribution in [0.3, 0.4) is 0 Å². The van der Waals surface area contributed by atoms with Gasteiger partial charge in [-0.2, -0.15) is 0 Å². The molecule has 2 nitrogen and oxygen atoms in total. The molecular formula is C9H10ClF2NO. The number of phenols is 1. The van der Waals surface area contributed by atoms with Crippen LogP contribution in [0.15, 0.2) is 6.07 Å². The molecule has 0 radical (unpaired) electrons. The third-order valence-corrected chi connectivity index (χ3v) is 2.30. The van der Waals surface area contributed by atoms with E-state index < -0.39 is 23.3 Å². The van der Waals surface area contributed by atoms with Crippen LogP contribution in [0.4, 0.5) is 8.78 Å². The minimum absolute atomic E-state index is 0.101. The highest BCUT2D eigenvalue weighted by atomic mass is 35.5. The third-order valence-electron chi connectivity index (χ3n) is 2.03. The van der Waals surface area contributed by atoms with Crippen molar-refractivity contribution in [1.82, 2.24) is 0 Å². The lowest BCUT2D eigenvalue weighted by molar-refractivity contribution is 0.412. The molecule has 78 valence electrons. The quantitative estimate of drug-likeness (QED) is 0.754. The molecule has 0 amide bonds. The van der Waals surface area contributed by atoms with E-state index in [0.717, 1.165) is 6.07 Å². The monoisotopic (exact) mass is 221 g/mol. The van der Waals surface area contributed by atoms with E-state index in [9.17, 15) is 13.9 Å². The highest BCUT2D eigenvalue weighted by Crippen LogP contribution is 2.34. The van der Waals surface area contributed by atoms with Crippen molar-refractivity contribution in [1.29, 1.82) is 0 Å². The summed E-state index contributed by atoms with van der Waals surface area (Å²) in [6, 6.07) is 0.735. The van der Waals surface area contributed by atoms with Crippen molar-refractivity contribution in [2.24, 2.45) is 5.73 Å². The van der Waals surface area contributed by atoms with Crippen molar-refractivity contribution in [3.8, 4) is 5.75 Å². The minimum Gasteiger partial charge on any atom is -0.505 e. The van der Waals surface area contributed by atoms with Crippen LogP contribution >= 0.6 is 11.6 Å². The number of aromatic hydroxyl groups is 1. The van der Waals surface area contributed by atoms with Crippen LogP contribution in [0.1, 0.15) is 18.4 Å². The maximum Gasteiger partial charge on any atom is 0.166 e. The van der Waals surface area contributed by atoms with Crippen LogP contribution in [-0.2, 0) is 0 Å². The van der Waals surface area contributed by atoms with Crippen LogP contribution in [0.25, 0.3) is 0 Å². The van der Waals surface area contributed by atoms with Gasteiger partial charge in [-0.25, -0.2) is 8.78 Å². The normalized spacial score (nSPS) is 12.9. The fourth-order valence-electron chi connectivity index (χ4n) is 1.17. The van der Waals surface area contributed by atoms with Gasteiger partial charge in [0.2, 0.25) is 0 Å². The first kappa shape index (κ1) is 11.2. The summed E-state index contributed by atoms with van der Waals surface area (Å²) in [4.78, 5) is 0. The molecular weight excluding hydrogens is 212 g/mol. The average Bonchev–Trinajstić information content (AvgIpc) is 2.15. The molecule has 0 aromatic heterocycles. The zero-order valence-corrected chi connectivity index (χ0v) is 8.28. The lowest BCUT2D eigenvalue weighted by atomic mass is 9.99. The molecule has 0 aliphatic rings. The van der Waals surface area contributed by atoms with Gasteiger partial charge in [0.1, 0.15) is 5.82 Å². The molecule has 0 spiro atoms. The van der Waals surface area contributed by atoms with Gasteiger partial charge in [-0.1, -0.05) is 18.5 Å². The maximum atomic E-state index is 13.4. The first-order valence-corrected chi connectivity index (χ1v) is 4.43. The van der Waals surface area contributed by atoms with Crippen molar-refractivity contribution in [2.45, 2.75) is 12.8 Å². The molecule has 0 aliphatic heterocycles. The molecule has 1 unspecified atom stereocenters. The van der Waals surface area contributed by atoms with E-state index in [1.54, 1.807) is 6.92 Å². The van der Waals surface area contributed by atoms with Gasteiger partial charge in [0.05, 0.1) is 5.02 Å². The molecule has 1 aromatic carbocycles. The second-order valence-electron chi connectivity index (χ2n) is 3.05. The Labute approximate surface area is 85.3 Å². The van der Waals surface area contributed by atoms with Crippen molar-refractivity contribution in [3.05, 3.63) is 28.3 Å². The average molecular weight is 222 g/mol. The molecule has 0 saturated carbocycles. The number of halogens is 3. The molecule has 1 atom stereocenters. The van der Waals surface area contributed by atoms with Crippen LogP contribution in [0.2, 0.25) is 5.02 Å². The summed E-state index contributed by atoms with van der Waals surface area (Å²) >= 11 is 5.43. The molecule has 0 aliphatic carbocycles. The first-order chi connectivity index (χ1) is 6.49. The summed E-state index contributed by atoms with van der Waals surface area (Å²) in [5.74, 6) is -2.96. The van der Waals surface area contributed by atoms with E-state index in [1.165, 1.54) is 0 Å². The van der Waals surface area contributed by atoms with E-state index >= 15 is 0 Å². The summed E-state index contributed by atoms with van der Waals surface area (Å²) in [6.45, 7) is 1.68. The van der Waals surface area contributed by atoms with E-state index in [2.05, 4.69) is 0 Å². The van der Waals surface area contributed by atoms with Crippen molar-refractivity contribution in [3.63, 3.8) is 0 Å². The Morgan fingerprint density at radius 2 is 2.14 bits per heavy atom. The fourth-order valence-corrected chi connectivity index (χ4v) is 1.37. The Hall–Kier alpha value is -0.870. The van der Waals surface area contributed by atoms with Crippen molar-refractivity contribution < 1.29 is 13.9 Å². The molecule has 1 aromatic rings. The summed E-state index contributed by atoms with van der Waals surface area (Å²) in [5.41, 5.74) is 5.13. The maximum absolute atomic E-state index is 13.4. The van der Waals surface area contributed by atoms with Gasteiger partial charge < -0.3 is 10.8 Å². The third kappa shape index (κ3) is 1.81. The van der Waals surface area contributed by atoms with E-state index in [0.29, 0.717) is 0 Å². The highest BCUT2D eigenvalue weighted by Gasteiger charge is 2.20. The molecule has 0 saturated heterocycles. The predicted octanol–water partition coefficient (Wildman–Crippen LogP) is 2.39. The molecule has 0 fully saturated rings. The SMILES string of the molecule is CC(CN)c1c(O)c(F)cc(Cl)c1F. The summed E-state index contributed by atoms with van der Waals surface area (Å²) in [6.07, 6.45) is 0. The number of phenolic OH excluding ortho intramolecular Hbond substituents is 1. The van der Waals surface area contributed by atoms with Gasteiger partial charge in [0, 0.05) is 11.5 Å². The van der Waals surface area contributed by atoms with E-state index in [-0.39, 0.29) is 17.1 Å². The standard InChI is InChI=1S/C9H10ClF2NO/c1-4(3-13)7-8(12)5(10)2-6(11)9(7)14/h2,4,14H,3,13H2,1H3. The fraction of sp³-hybridized carbons (Fsp3) is 0.333. The second-order valence-corrected chi connectivity index (χ2v) is 3.46. The molecule has 14 heavy (non-hydrogen) atoms. The molecule has 0 bridgehead atoms. The van der Waals surface area contributed by atoms with Gasteiger partial charge in [-0.15, -0.1) is 0 Å². The summed E-state index contributed by atoms with van der Waals surface area (Å²) < 4.78 is 26.3. The number of rotatable bonds is 2. The summed E-state index contributed by atoms with van der Waals surface area (Å²) in [7, 11) is 0. The number of hydrogen-bond acceptors (Lipinski definition) is 2. The van der Waals surface area contributed by atoms with Gasteiger partial charge >= 0.3 is 0 Å². The van der Waals surface area contributed by atoms with Crippen LogP contribution in [0.5, 0.6) is 5.75 Å². The number of benzene rings is 1. The van der Waals surface area contributed by atoms with Crippen LogP contribution in [0, 0.1) is 11.6 Å². The van der Waals surface area contributed by atoms with Gasteiger partial charge in [0.15, 0.2) is 11.6 Å². The molecule has 3 N–H and O–H groups in total. The topological polar surface area (TPSA) is 46.2 Å². The number of nitrogens with two attached hydrogens (primary N) is 1. The minimum atomic E-state index is -0.938. The predicted molar refractivity (Wildman–Crippen MR) is 50.5 cm³/mol. The Morgan fingerprint density at radius 3 is 2.64 bits per heavy atom. The Kier molecular flexibility index (Phi) is 3.29. The van der Waals surface area contributed by atoms with Crippen molar-refractivity contribution >= 4 is 11.6 Å². The zero-order valence-electron chi connectivity index (χ0n) is 7.52. The zero-order chi connectivity index (χ0) is 10.9. The second kappa shape index (κ2) is 4.11. The lowest BCUT2D eigenvalue weighted by Gasteiger charge is -2.13.